The average Bonchev–Trinajstić information content (AvgIpc) is 3.39. The van der Waals surface area contributed by atoms with Gasteiger partial charge in [-0.15, -0.1) is 0 Å². The highest BCUT2D eigenvalue weighted by Crippen LogP contribution is 2.49. The van der Waals surface area contributed by atoms with Gasteiger partial charge in [-0.1, -0.05) is 26.0 Å². The second kappa shape index (κ2) is 9.09. The molecular weight excluding hydrogens is 378 g/mol. The van der Waals surface area contributed by atoms with Gasteiger partial charge < -0.3 is 19.5 Å². The molecule has 0 bridgehead atoms. The first-order chi connectivity index (χ1) is 14.6. The van der Waals surface area contributed by atoms with E-state index in [1.165, 1.54) is 6.42 Å². The van der Waals surface area contributed by atoms with E-state index < -0.39 is 0 Å². The number of rotatable bonds is 9. The van der Waals surface area contributed by atoms with Crippen LogP contribution in [0.2, 0.25) is 0 Å². The monoisotopic (exact) mass is 409 g/mol. The third-order valence-corrected chi connectivity index (χ3v) is 5.75. The molecule has 2 atom stereocenters. The van der Waals surface area contributed by atoms with Crippen LogP contribution in [-0.2, 0) is 0 Å². The maximum absolute atomic E-state index is 13.3. The van der Waals surface area contributed by atoms with Crippen molar-refractivity contribution >= 4 is 5.78 Å². The summed E-state index contributed by atoms with van der Waals surface area (Å²) in [4.78, 5) is 13.3. The van der Waals surface area contributed by atoms with Gasteiger partial charge in [0, 0.05) is 34.4 Å². The van der Waals surface area contributed by atoms with Gasteiger partial charge in [0.1, 0.15) is 23.4 Å². The molecule has 1 aliphatic heterocycles. The molecule has 160 valence electrons. The van der Waals surface area contributed by atoms with Crippen molar-refractivity contribution in [2.24, 2.45) is 0 Å². The van der Waals surface area contributed by atoms with Crippen molar-refractivity contribution in [3.63, 3.8) is 0 Å². The molecule has 5 heteroatoms. The molecule has 0 radical (unpaired) electrons. The summed E-state index contributed by atoms with van der Waals surface area (Å²) < 4.78 is 18.3. The Kier molecular flexibility index (Phi) is 6.28. The molecule has 2 aromatic carbocycles. The molecule has 0 amide bonds. The summed E-state index contributed by atoms with van der Waals surface area (Å²) in [7, 11) is 0. The molecule has 1 fully saturated rings. The summed E-state index contributed by atoms with van der Waals surface area (Å²) in [5.41, 5.74) is 2.97. The van der Waals surface area contributed by atoms with E-state index in [0.29, 0.717) is 41.9 Å². The lowest BCUT2D eigenvalue weighted by Crippen LogP contribution is -2.36. The summed E-state index contributed by atoms with van der Waals surface area (Å²) in [6.45, 7) is 8.44. The summed E-state index contributed by atoms with van der Waals surface area (Å²) in [5.74, 6) is 2.11. The Morgan fingerprint density at radius 3 is 2.53 bits per heavy atom. The predicted molar refractivity (Wildman–Crippen MR) is 118 cm³/mol. The minimum Gasteiger partial charge on any atom is -0.493 e. The van der Waals surface area contributed by atoms with Crippen LogP contribution in [0.5, 0.6) is 17.2 Å². The first kappa shape index (κ1) is 20.7. The van der Waals surface area contributed by atoms with Crippen molar-refractivity contribution in [2.75, 3.05) is 19.8 Å². The van der Waals surface area contributed by atoms with Crippen molar-refractivity contribution in [3.8, 4) is 28.4 Å². The number of nitrogens with one attached hydrogen (secondary N) is 1. The van der Waals surface area contributed by atoms with Crippen LogP contribution in [0.1, 0.15) is 62.4 Å². The fraction of sp³-hybridized carbons (Fsp3) is 0.480. The number of benzene rings is 2. The van der Waals surface area contributed by atoms with Gasteiger partial charge in [-0.2, -0.15) is 0 Å². The third kappa shape index (κ3) is 3.91. The van der Waals surface area contributed by atoms with Gasteiger partial charge in [0.05, 0.1) is 13.2 Å². The molecule has 4 rings (SSSR count). The first-order valence-corrected chi connectivity index (χ1v) is 11.2. The zero-order chi connectivity index (χ0) is 21.1. The lowest BCUT2D eigenvalue weighted by Gasteiger charge is -2.23. The van der Waals surface area contributed by atoms with E-state index in [1.54, 1.807) is 0 Å². The van der Waals surface area contributed by atoms with E-state index in [1.807, 2.05) is 30.3 Å². The van der Waals surface area contributed by atoms with Crippen molar-refractivity contribution in [1.82, 2.24) is 5.32 Å². The Hall–Kier alpha value is -2.53. The zero-order valence-corrected chi connectivity index (χ0v) is 18.1. The van der Waals surface area contributed by atoms with Gasteiger partial charge in [-0.3, -0.25) is 4.79 Å². The fourth-order valence-corrected chi connectivity index (χ4v) is 4.27. The number of fused-ring (bicyclic) bond motifs is 3. The number of carbonyl (C=O) groups excluding carboxylic acids is 1. The Labute approximate surface area is 178 Å². The van der Waals surface area contributed by atoms with Crippen molar-refractivity contribution in [2.45, 2.75) is 58.6 Å². The average molecular weight is 410 g/mol. The lowest BCUT2D eigenvalue weighted by atomic mass is 10.0. The van der Waals surface area contributed by atoms with E-state index in [-0.39, 0.29) is 11.9 Å². The highest BCUT2D eigenvalue weighted by Gasteiger charge is 2.34. The molecule has 2 aromatic rings. The summed E-state index contributed by atoms with van der Waals surface area (Å²) in [5, 5.41) is 3.51. The topological polar surface area (TPSA) is 56.8 Å². The van der Waals surface area contributed by atoms with Crippen LogP contribution in [0.25, 0.3) is 11.1 Å². The van der Waals surface area contributed by atoms with Crippen LogP contribution >= 0.6 is 0 Å². The largest absolute Gasteiger partial charge is 0.493 e. The molecule has 0 spiro atoms. The fourth-order valence-electron chi connectivity index (χ4n) is 4.27. The highest BCUT2D eigenvalue weighted by atomic mass is 16.5. The van der Waals surface area contributed by atoms with Crippen molar-refractivity contribution < 1.29 is 19.0 Å². The lowest BCUT2D eigenvalue weighted by molar-refractivity contribution is 0.104. The van der Waals surface area contributed by atoms with Crippen LogP contribution in [0.3, 0.4) is 0 Å². The predicted octanol–water partition coefficient (Wildman–Crippen LogP) is 4.99. The van der Waals surface area contributed by atoms with Crippen LogP contribution in [0.15, 0.2) is 30.3 Å². The molecular formula is C25H31NO4. The minimum absolute atomic E-state index is 0.000362. The maximum Gasteiger partial charge on any atom is 0.194 e. The van der Waals surface area contributed by atoms with E-state index in [9.17, 15) is 4.79 Å². The quantitative estimate of drug-likeness (QED) is 0.539. The number of ketones is 1. The van der Waals surface area contributed by atoms with E-state index in [0.717, 1.165) is 42.7 Å². The molecule has 30 heavy (non-hydrogen) atoms. The molecule has 1 aliphatic carbocycles. The Bertz CT molecular complexity index is 918. The number of hydrogen-bond donors (Lipinski definition) is 1. The van der Waals surface area contributed by atoms with Gasteiger partial charge in [0.15, 0.2) is 5.78 Å². The number of hydrogen-bond acceptors (Lipinski definition) is 5. The van der Waals surface area contributed by atoms with Crippen LogP contribution in [-0.4, -0.2) is 37.7 Å². The normalized spacial score (nSPS) is 18.1. The highest BCUT2D eigenvalue weighted by molar-refractivity contribution is 6.23. The SMILES string of the molecule is CCCOc1cc(OCCC)c2c(c1)C(=O)c1cccc(OC(C)C3CCCN3)c1-2. The van der Waals surface area contributed by atoms with Gasteiger partial charge in [0.2, 0.25) is 0 Å². The molecule has 0 aromatic heterocycles. The van der Waals surface area contributed by atoms with E-state index in [4.69, 9.17) is 14.2 Å². The van der Waals surface area contributed by atoms with Crippen molar-refractivity contribution in [1.29, 1.82) is 0 Å². The van der Waals surface area contributed by atoms with E-state index >= 15 is 0 Å². The van der Waals surface area contributed by atoms with Gasteiger partial charge >= 0.3 is 0 Å². The molecule has 2 aliphatic rings. The van der Waals surface area contributed by atoms with E-state index in [2.05, 4.69) is 26.1 Å². The maximum atomic E-state index is 13.3. The van der Waals surface area contributed by atoms with Crippen LogP contribution in [0, 0.1) is 0 Å². The molecule has 2 unspecified atom stereocenters. The molecule has 1 N–H and O–H groups in total. The second-order valence-electron chi connectivity index (χ2n) is 8.07. The van der Waals surface area contributed by atoms with Gasteiger partial charge in [-0.25, -0.2) is 0 Å². The molecule has 0 saturated carbocycles. The third-order valence-electron chi connectivity index (χ3n) is 5.75. The smallest absolute Gasteiger partial charge is 0.194 e. The van der Waals surface area contributed by atoms with Gasteiger partial charge in [0.25, 0.3) is 0 Å². The zero-order valence-electron chi connectivity index (χ0n) is 18.1. The molecule has 1 saturated heterocycles. The first-order valence-electron chi connectivity index (χ1n) is 11.2. The summed E-state index contributed by atoms with van der Waals surface area (Å²) in [6, 6.07) is 9.81. The standard InChI is InChI=1S/C25H31NO4/c1-4-12-28-17-14-19-24(22(15-17)29-13-5-2)23-18(25(19)27)8-6-10-21(23)30-16(3)20-9-7-11-26-20/h6,8,10,14-16,20,26H,4-5,7,9,11-13H2,1-3H3. The second-order valence-corrected chi connectivity index (χ2v) is 8.07. The number of carbonyl (C=O) groups is 1. The Morgan fingerprint density at radius 1 is 1.03 bits per heavy atom. The summed E-state index contributed by atoms with van der Waals surface area (Å²) in [6.07, 6.45) is 4.08. The van der Waals surface area contributed by atoms with Crippen LogP contribution in [0.4, 0.5) is 0 Å². The van der Waals surface area contributed by atoms with Crippen LogP contribution < -0.4 is 19.5 Å². The summed E-state index contributed by atoms with van der Waals surface area (Å²) >= 11 is 0. The Morgan fingerprint density at radius 2 is 1.80 bits per heavy atom. The molecule has 1 heterocycles. The van der Waals surface area contributed by atoms with Crippen molar-refractivity contribution in [3.05, 3.63) is 41.5 Å². The van der Waals surface area contributed by atoms with Gasteiger partial charge in [-0.05, 0) is 51.3 Å². The number of ether oxygens (including phenoxy) is 3. The Balaban J connectivity index is 1.76. The molecule has 5 nitrogen and oxygen atoms in total. The minimum atomic E-state index is 0.000362.